The molecule has 1 aromatic rings. The van der Waals surface area contributed by atoms with Crippen LogP contribution in [0.15, 0.2) is 11.4 Å². The molecule has 3 nitrogen and oxygen atoms in total. The lowest BCUT2D eigenvalue weighted by molar-refractivity contribution is -0.121. The molecule has 0 aliphatic rings. The molecule has 1 rings (SSSR count). The Hall–Kier alpha value is -0.870. The van der Waals surface area contributed by atoms with Gasteiger partial charge in [0.1, 0.15) is 0 Å². The zero-order chi connectivity index (χ0) is 9.68. The molecule has 4 heteroatoms. The van der Waals surface area contributed by atoms with Gasteiger partial charge in [-0.2, -0.15) is 0 Å². The van der Waals surface area contributed by atoms with E-state index in [-0.39, 0.29) is 18.9 Å². The summed E-state index contributed by atoms with van der Waals surface area (Å²) in [6.07, 6.45) is 0.185. The fourth-order valence-corrected chi connectivity index (χ4v) is 1.80. The Morgan fingerprint density at radius 2 is 2.46 bits per heavy atom. The average Bonchev–Trinajstić information content (AvgIpc) is 2.48. The highest BCUT2D eigenvalue weighted by molar-refractivity contribution is 7.10. The molecule has 0 unspecified atom stereocenters. The number of hydrogen-bond donors (Lipinski definition) is 2. The van der Waals surface area contributed by atoms with Crippen LogP contribution in [0.25, 0.3) is 0 Å². The monoisotopic (exact) mass is 199 g/mol. The molecular formula is C9H13NO2S. The second kappa shape index (κ2) is 4.99. The van der Waals surface area contributed by atoms with E-state index in [1.807, 2.05) is 18.4 Å². The van der Waals surface area contributed by atoms with E-state index in [0.717, 1.165) is 0 Å². The van der Waals surface area contributed by atoms with Crippen LogP contribution in [0.2, 0.25) is 0 Å². The number of aliphatic hydroxyl groups excluding tert-OH is 1. The molecule has 0 saturated heterocycles. The first-order chi connectivity index (χ1) is 6.24. The molecule has 0 saturated carbocycles. The summed E-state index contributed by atoms with van der Waals surface area (Å²) in [5, 5.41) is 13.2. The molecule has 0 aliphatic carbocycles. The smallest absolute Gasteiger partial charge is 0.222 e. The number of thiophene rings is 1. The molecule has 0 radical (unpaired) electrons. The molecule has 0 spiro atoms. The Morgan fingerprint density at radius 3 is 3.00 bits per heavy atom. The van der Waals surface area contributed by atoms with Gasteiger partial charge in [0, 0.05) is 11.3 Å². The molecule has 0 bridgehead atoms. The molecule has 0 fully saturated rings. The number of amides is 1. The van der Waals surface area contributed by atoms with Crippen molar-refractivity contribution in [2.45, 2.75) is 19.9 Å². The molecule has 13 heavy (non-hydrogen) atoms. The van der Waals surface area contributed by atoms with E-state index < -0.39 is 0 Å². The molecule has 0 aromatic carbocycles. The summed E-state index contributed by atoms with van der Waals surface area (Å²) in [5.74, 6) is -0.102. The van der Waals surface area contributed by atoms with Crippen LogP contribution in [-0.2, 0) is 11.3 Å². The number of hydrogen-bond acceptors (Lipinski definition) is 3. The van der Waals surface area contributed by atoms with Crippen molar-refractivity contribution in [3.8, 4) is 0 Å². The Balaban J connectivity index is 2.35. The molecule has 2 N–H and O–H groups in total. The van der Waals surface area contributed by atoms with Crippen molar-refractivity contribution in [1.29, 1.82) is 0 Å². The lowest BCUT2D eigenvalue weighted by Gasteiger charge is -2.02. The first kappa shape index (κ1) is 10.2. The van der Waals surface area contributed by atoms with Crippen LogP contribution >= 0.6 is 11.3 Å². The van der Waals surface area contributed by atoms with Gasteiger partial charge < -0.3 is 10.4 Å². The van der Waals surface area contributed by atoms with Crippen LogP contribution in [0.5, 0.6) is 0 Å². The molecular weight excluding hydrogens is 186 g/mol. The average molecular weight is 199 g/mol. The molecule has 0 aliphatic heterocycles. The fraction of sp³-hybridized carbons (Fsp3) is 0.444. The van der Waals surface area contributed by atoms with Gasteiger partial charge in [0.05, 0.1) is 13.2 Å². The van der Waals surface area contributed by atoms with E-state index in [1.165, 1.54) is 10.4 Å². The second-order valence-corrected chi connectivity index (χ2v) is 3.78. The maximum atomic E-state index is 11.0. The zero-order valence-corrected chi connectivity index (χ0v) is 8.36. The lowest BCUT2D eigenvalue weighted by atomic mass is 10.3. The minimum absolute atomic E-state index is 0.0880. The number of carbonyl (C=O) groups excluding carboxylic acids is 1. The van der Waals surface area contributed by atoms with Crippen molar-refractivity contribution < 1.29 is 9.90 Å². The quantitative estimate of drug-likeness (QED) is 0.761. The van der Waals surface area contributed by atoms with Crippen LogP contribution < -0.4 is 5.32 Å². The van der Waals surface area contributed by atoms with Gasteiger partial charge in [-0.15, -0.1) is 11.3 Å². The van der Waals surface area contributed by atoms with Crippen molar-refractivity contribution in [1.82, 2.24) is 5.32 Å². The van der Waals surface area contributed by atoms with Gasteiger partial charge in [-0.3, -0.25) is 4.79 Å². The van der Waals surface area contributed by atoms with Crippen LogP contribution in [-0.4, -0.2) is 17.6 Å². The molecule has 1 amide bonds. The maximum absolute atomic E-state index is 11.0. The van der Waals surface area contributed by atoms with Gasteiger partial charge in [0.25, 0.3) is 0 Å². The first-order valence-corrected chi connectivity index (χ1v) is 5.02. The summed E-state index contributed by atoms with van der Waals surface area (Å²) in [5.41, 5.74) is 1.20. The number of aliphatic hydroxyl groups is 1. The Labute approximate surface area is 81.4 Å². The van der Waals surface area contributed by atoms with Gasteiger partial charge in [-0.05, 0) is 23.9 Å². The van der Waals surface area contributed by atoms with E-state index in [2.05, 4.69) is 5.32 Å². The maximum Gasteiger partial charge on any atom is 0.222 e. The van der Waals surface area contributed by atoms with E-state index in [0.29, 0.717) is 6.54 Å². The number of nitrogens with one attached hydrogen (secondary N) is 1. The fourth-order valence-electron chi connectivity index (χ4n) is 0.954. The summed E-state index contributed by atoms with van der Waals surface area (Å²) in [6, 6.07) is 2.03. The van der Waals surface area contributed by atoms with Crippen molar-refractivity contribution >= 4 is 17.2 Å². The van der Waals surface area contributed by atoms with Gasteiger partial charge in [-0.1, -0.05) is 0 Å². The van der Waals surface area contributed by atoms with Crippen LogP contribution in [0, 0.1) is 6.92 Å². The number of rotatable bonds is 4. The second-order valence-electron chi connectivity index (χ2n) is 2.78. The molecule has 72 valence electrons. The summed E-state index contributed by atoms with van der Waals surface area (Å²) in [4.78, 5) is 12.2. The summed E-state index contributed by atoms with van der Waals surface area (Å²) in [6.45, 7) is 2.50. The highest BCUT2D eigenvalue weighted by Crippen LogP contribution is 2.14. The normalized spacial score (nSPS) is 10.0. The standard InChI is InChI=1S/C9H13NO2S/c1-7-3-5-13-8(7)6-10-9(12)2-4-11/h3,5,11H,2,4,6H2,1H3,(H,10,12). The lowest BCUT2D eigenvalue weighted by Crippen LogP contribution is -2.23. The molecule has 1 heterocycles. The highest BCUT2D eigenvalue weighted by Gasteiger charge is 2.02. The summed E-state index contributed by atoms with van der Waals surface area (Å²) >= 11 is 1.63. The van der Waals surface area contributed by atoms with E-state index in [1.54, 1.807) is 11.3 Å². The predicted molar refractivity (Wildman–Crippen MR) is 52.6 cm³/mol. The van der Waals surface area contributed by atoms with Crippen molar-refractivity contribution in [2.24, 2.45) is 0 Å². The minimum Gasteiger partial charge on any atom is -0.396 e. The molecule has 1 aromatic heterocycles. The predicted octanol–water partition coefficient (Wildman–Crippen LogP) is 1.06. The number of aryl methyl sites for hydroxylation is 1. The SMILES string of the molecule is Cc1ccsc1CNC(=O)CCO. The third kappa shape index (κ3) is 3.16. The topological polar surface area (TPSA) is 49.3 Å². The third-order valence-corrected chi connectivity index (χ3v) is 2.78. The van der Waals surface area contributed by atoms with Crippen LogP contribution in [0.4, 0.5) is 0 Å². The summed E-state index contributed by atoms with van der Waals surface area (Å²) < 4.78 is 0. The summed E-state index contributed by atoms with van der Waals surface area (Å²) in [7, 11) is 0. The first-order valence-electron chi connectivity index (χ1n) is 4.14. The number of carbonyl (C=O) groups is 1. The van der Waals surface area contributed by atoms with Crippen molar-refractivity contribution in [2.75, 3.05) is 6.61 Å². The Morgan fingerprint density at radius 1 is 1.69 bits per heavy atom. The Bertz CT molecular complexity index is 283. The Kier molecular flexibility index (Phi) is 3.92. The third-order valence-electron chi connectivity index (χ3n) is 1.75. The van der Waals surface area contributed by atoms with Gasteiger partial charge in [0.2, 0.25) is 5.91 Å². The van der Waals surface area contributed by atoms with E-state index in [9.17, 15) is 4.79 Å². The largest absolute Gasteiger partial charge is 0.396 e. The highest BCUT2D eigenvalue weighted by atomic mass is 32.1. The van der Waals surface area contributed by atoms with Crippen molar-refractivity contribution in [3.63, 3.8) is 0 Å². The van der Waals surface area contributed by atoms with Crippen LogP contribution in [0.3, 0.4) is 0 Å². The van der Waals surface area contributed by atoms with E-state index in [4.69, 9.17) is 5.11 Å². The van der Waals surface area contributed by atoms with Crippen LogP contribution in [0.1, 0.15) is 16.9 Å². The zero-order valence-electron chi connectivity index (χ0n) is 7.54. The van der Waals surface area contributed by atoms with E-state index >= 15 is 0 Å². The minimum atomic E-state index is -0.102. The van der Waals surface area contributed by atoms with Gasteiger partial charge in [0.15, 0.2) is 0 Å². The van der Waals surface area contributed by atoms with Gasteiger partial charge >= 0.3 is 0 Å². The van der Waals surface area contributed by atoms with Gasteiger partial charge in [-0.25, -0.2) is 0 Å². The van der Waals surface area contributed by atoms with Crippen molar-refractivity contribution in [3.05, 3.63) is 21.9 Å². The molecule has 0 atom stereocenters.